The highest BCUT2D eigenvalue weighted by Crippen LogP contribution is 2.20. The number of nitrogens with one attached hydrogen (secondary N) is 1. The van der Waals surface area contributed by atoms with Gasteiger partial charge in [0, 0.05) is 31.5 Å². The van der Waals surface area contributed by atoms with Crippen LogP contribution in [0.25, 0.3) is 0 Å². The molecule has 0 heterocycles. The molecule has 0 aromatic rings. The average Bonchev–Trinajstić information content (AvgIpc) is 2.36. The van der Waals surface area contributed by atoms with Crippen LogP contribution in [0.1, 0.15) is 34.6 Å². The molecule has 3 nitrogen and oxygen atoms in total. The second kappa shape index (κ2) is 7.37. The third-order valence-corrected chi connectivity index (χ3v) is 3.87. The highest BCUT2D eigenvalue weighted by molar-refractivity contribution is 5.98. The average molecular weight is 251 g/mol. The van der Waals surface area contributed by atoms with Gasteiger partial charge in [0.2, 0.25) is 0 Å². The Labute approximate surface area is 113 Å². The fraction of sp³-hybridized carbons (Fsp3) is 0.667. The molecule has 18 heavy (non-hydrogen) atoms. The van der Waals surface area contributed by atoms with Gasteiger partial charge in [0.15, 0.2) is 0 Å². The Bertz CT molecular complexity index is 373. The van der Waals surface area contributed by atoms with Crippen LogP contribution in [0.4, 0.5) is 0 Å². The molecule has 0 fully saturated rings. The maximum Gasteiger partial charge on any atom is 0.0415 e. The Balaban J connectivity index is 5.64. The zero-order valence-electron chi connectivity index (χ0n) is 13.5. The molecule has 0 amide bonds. The smallest absolute Gasteiger partial charge is 0.0415 e. The molecule has 0 spiro atoms. The van der Waals surface area contributed by atoms with Crippen LogP contribution in [-0.2, 0) is 0 Å². The Morgan fingerprint density at radius 3 is 1.89 bits per heavy atom. The first-order valence-electron chi connectivity index (χ1n) is 6.44. The van der Waals surface area contributed by atoms with Crippen molar-refractivity contribution in [2.75, 3.05) is 28.2 Å². The van der Waals surface area contributed by atoms with Crippen molar-refractivity contribution in [1.82, 2.24) is 10.2 Å². The number of rotatable bonds is 5. The van der Waals surface area contributed by atoms with Crippen molar-refractivity contribution in [2.24, 2.45) is 4.99 Å². The summed E-state index contributed by atoms with van der Waals surface area (Å²) >= 11 is 0. The molecule has 104 valence electrons. The Morgan fingerprint density at radius 2 is 1.56 bits per heavy atom. The predicted molar refractivity (Wildman–Crippen MR) is 82.3 cm³/mol. The van der Waals surface area contributed by atoms with Crippen LogP contribution in [0, 0.1) is 0 Å². The highest BCUT2D eigenvalue weighted by Gasteiger charge is 2.13. The van der Waals surface area contributed by atoms with Crippen molar-refractivity contribution in [3.8, 4) is 0 Å². The normalized spacial score (nSPS) is 17.3. The molecular formula is C15H29N3. The summed E-state index contributed by atoms with van der Waals surface area (Å²) in [6.07, 6.45) is 0. The van der Waals surface area contributed by atoms with Crippen LogP contribution in [-0.4, -0.2) is 44.8 Å². The summed E-state index contributed by atoms with van der Waals surface area (Å²) < 4.78 is 0. The van der Waals surface area contributed by atoms with E-state index in [0.29, 0.717) is 6.04 Å². The van der Waals surface area contributed by atoms with Crippen molar-refractivity contribution >= 4 is 5.71 Å². The van der Waals surface area contributed by atoms with Crippen LogP contribution in [0.3, 0.4) is 0 Å². The molecule has 0 aromatic carbocycles. The van der Waals surface area contributed by atoms with Crippen molar-refractivity contribution in [1.29, 1.82) is 0 Å². The lowest BCUT2D eigenvalue weighted by Gasteiger charge is -2.24. The summed E-state index contributed by atoms with van der Waals surface area (Å²) in [4.78, 5) is 6.49. The number of hydrogen-bond acceptors (Lipinski definition) is 3. The Hall–Kier alpha value is -1.09. The van der Waals surface area contributed by atoms with E-state index in [4.69, 9.17) is 0 Å². The number of nitrogens with zero attached hydrogens (tertiary/aromatic N) is 2. The van der Waals surface area contributed by atoms with Crippen LogP contribution >= 0.6 is 0 Å². The van der Waals surface area contributed by atoms with E-state index in [9.17, 15) is 0 Å². The summed E-state index contributed by atoms with van der Waals surface area (Å²) in [6, 6.07) is 0.431. The second-order valence-electron chi connectivity index (χ2n) is 5.01. The molecule has 0 rings (SSSR count). The standard InChI is InChI=1S/C15H29N3/c1-10(14(5)18(8)9)11(2)15(17-7)12(3)13(4)16-6/h14,17H,1-9H3/b11-10+,15-12-,16-13+. The van der Waals surface area contributed by atoms with E-state index in [1.54, 1.807) is 0 Å². The lowest BCUT2D eigenvalue weighted by molar-refractivity contribution is 0.349. The van der Waals surface area contributed by atoms with Crippen molar-refractivity contribution < 1.29 is 0 Å². The molecule has 0 aromatic heterocycles. The molecule has 3 heteroatoms. The van der Waals surface area contributed by atoms with Crippen LogP contribution in [0.15, 0.2) is 27.4 Å². The molecule has 1 atom stereocenters. The van der Waals surface area contributed by atoms with Gasteiger partial charge in [-0.25, -0.2) is 0 Å². The van der Waals surface area contributed by atoms with E-state index in [0.717, 1.165) is 5.71 Å². The van der Waals surface area contributed by atoms with E-state index in [1.165, 1.54) is 22.4 Å². The van der Waals surface area contributed by atoms with Crippen LogP contribution in [0.2, 0.25) is 0 Å². The fourth-order valence-corrected chi connectivity index (χ4v) is 1.90. The monoisotopic (exact) mass is 251 g/mol. The molecule has 0 radical (unpaired) electrons. The molecule has 0 saturated heterocycles. The lowest BCUT2D eigenvalue weighted by atomic mass is 9.97. The van der Waals surface area contributed by atoms with Gasteiger partial charge in [0.05, 0.1) is 0 Å². The lowest BCUT2D eigenvalue weighted by Crippen LogP contribution is -2.27. The van der Waals surface area contributed by atoms with Gasteiger partial charge in [-0.3, -0.25) is 4.99 Å². The maximum absolute atomic E-state index is 4.26. The molecule has 1 unspecified atom stereocenters. The van der Waals surface area contributed by atoms with E-state index >= 15 is 0 Å². The third-order valence-electron chi connectivity index (χ3n) is 3.87. The summed E-state index contributed by atoms with van der Waals surface area (Å²) in [5.41, 5.74) is 6.16. The first kappa shape index (κ1) is 16.9. The highest BCUT2D eigenvalue weighted by atomic mass is 15.1. The number of hydrogen-bond donors (Lipinski definition) is 1. The van der Waals surface area contributed by atoms with E-state index in [2.05, 4.69) is 57.0 Å². The molecule has 0 saturated carbocycles. The summed E-state index contributed by atoms with van der Waals surface area (Å²) in [7, 11) is 8.02. The number of aliphatic imine (C=N–C) groups is 1. The van der Waals surface area contributed by atoms with E-state index in [1.807, 2.05) is 21.0 Å². The van der Waals surface area contributed by atoms with Gasteiger partial charge in [-0.2, -0.15) is 0 Å². The molecule has 0 bridgehead atoms. The largest absolute Gasteiger partial charge is 0.388 e. The Morgan fingerprint density at radius 1 is 1.06 bits per heavy atom. The predicted octanol–water partition coefficient (Wildman–Crippen LogP) is 2.86. The summed E-state index contributed by atoms with van der Waals surface area (Å²) in [5.74, 6) is 0. The fourth-order valence-electron chi connectivity index (χ4n) is 1.90. The summed E-state index contributed by atoms with van der Waals surface area (Å²) in [5, 5.41) is 3.31. The van der Waals surface area contributed by atoms with Gasteiger partial charge in [-0.1, -0.05) is 5.57 Å². The molecule has 1 N–H and O–H groups in total. The molecule has 0 aliphatic carbocycles. The van der Waals surface area contributed by atoms with Crippen LogP contribution < -0.4 is 5.32 Å². The maximum atomic E-state index is 4.26. The quantitative estimate of drug-likeness (QED) is 0.601. The SMILES string of the molecule is C/N=C(C)/C(C)=C(NC)/C(C)=C(\C)C(C)N(C)C. The first-order chi connectivity index (χ1) is 8.27. The van der Waals surface area contributed by atoms with E-state index < -0.39 is 0 Å². The van der Waals surface area contributed by atoms with E-state index in [-0.39, 0.29) is 0 Å². The summed E-state index contributed by atoms with van der Waals surface area (Å²) in [6.45, 7) is 10.8. The van der Waals surface area contributed by atoms with Crippen molar-refractivity contribution in [2.45, 2.75) is 40.7 Å². The zero-order valence-corrected chi connectivity index (χ0v) is 13.5. The molecular weight excluding hydrogens is 222 g/mol. The number of allylic oxidation sites excluding steroid dienone is 2. The third kappa shape index (κ3) is 3.98. The van der Waals surface area contributed by atoms with Gasteiger partial charge in [0.1, 0.15) is 0 Å². The number of likely N-dealkylation sites (N-methyl/N-ethyl adjacent to an activating group) is 2. The zero-order chi connectivity index (χ0) is 14.5. The van der Waals surface area contributed by atoms with Gasteiger partial charge in [-0.15, -0.1) is 0 Å². The van der Waals surface area contributed by atoms with Gasteiger partial charge < -0.3 is 10.2 Å². The first-order valence-corrected chi connectivity index (χ1v) is 6.44. The minimum Gasteiger partial charge on any atom is -0.388 e. The van der Waals surface area contributed by atoms with Crippen LogP contribution in [0.5, 0.6) is 0 Å². The van der Waals surface area contributed by atoms with Crippen molar-refractivity contribution in [3.63, 3.8) is 0 Å². The Kier molecular flexibility index (Phi) is 6.92. The minimum atomic E-state index is 0.431. The van der Waals surface area contributed by atoms with Gasteiger partial charge in [-0.05, 0) is 59.9 Å². The van der Waals surface area contributed by atoms with Gasteiger partial charge >= 0.3 is 0 Å². The van der Waals surface area contributed by atoms with Gasteiger partial charge in [0.25, 0.3) is 0 Å². The second-order valence-corrected chi connectivity index (χ2v) is 5.01. The van der Waals surface area contributed by atoms with Crippen molar-refractivity contribution in [3.05, 3.63) is 22.4 Å². The molecule has 0 aliphatic heterocycles. The minimum absolute atomic E-state index is 0.431. The molecule has 0 aliphatic rings. The topological polar surface area (TPSA) is 27.6 Å².